The molecular weight excluding hydrogens is 126 g/mol. The molecule has 0 bridgehead atoms. The number of aliphatic imine (C=N–C) groups is 1. The molecule has 1 aliphatic carbocycles. The van der Waals surface area contributed by atoms with Crippen LogP contribution in [0.2, 0.25) is 0 Å². The Kier molecular flexibility index (Phi) is 1.49. The number of rotatable bonds is 1. The van der Waals surface area contributed by atoms with E-state index in [0.717, 1.165) is 19.0 Å². The molecule has 0 aromatic carbocycles. The second-order valence-corrected chi connectivity index (χ2v) is 2.93. The van der Waals surface area contributed by atoms with Gasteiger partial charge < -0.3 is 10.6 Å². The molecule has 10 heavy (non-hydrogen) atoms. The predicted molar refractivity (Wildman–Crippen MR) is 41.1 cm³/mol. The molecule has 3 nitrogen and oxygen atoms in total. The van der Waals surface area contributed by atoms with Crippen LogP contribution in [0.15, 0.2) is 4.99 Å². The van der Waals surface area contributed by atoms with E-state index in [0.29, 0.717) is 6.04 Å². The van der Waals surface area contributed by atoms with Gasteiger partial charge in [0, 0.05) is 12.6 Å². The minimum Gasteiger partial charge on any atom is -0.355 e. The summed E-state index contributed by atoms with van der Waals surface area (Å²) < 4.78 is 0. The molecule has 1 saturated carbocycles. The highest BCUT2D eigenvalue weighted by Crippen LogP contribution is 2.17. The van der Waals surface area contributed by atoms with Gasteiger partial charge >= 0.3 is 0 Å². The Morgan fingerprint density at radius 1 is 1.50 bits per heavy atom. The topological polar surface area (TPSA) is 36.4 Å². The van der Waals surface area contributed by atoms with Crippen LogP contribution in [0.3, 0.4) is 0 Å². The largest absolute Gasteiger partial charge is 0.355 e. The fourth-order valence-corrected chi connectivity index (χ4v) is 1.24. The lowest BCUT2D eigenvalue weighted by Crippen LogP contribution is -2.44. The molecule has 1 fully saturated rings. The molecule has 56 valence electrons. The van der Waals surface area contributed by atoms with E-state index < -0.39 is 0 Å². The van der Waals surface area contributed by atoms with Crippen molar-refractivity contribution in [2.24, 2.45) is 4.99 Å². The van der Waals surface area contributed by atoms with Crippen LogP contribution in [0.25, 0.3) is 0 Å². The quantitative estimate of drug-likeness (QED) is 0.540. The Bertz CT molecular complexity index is 149. The van der Waals surface area contributed by atoms with Gasteiger partial charge in [-0.3, -0.25) is 4.99 Å². The van der Waals surface area contributed by atoms with E-state index in [9.17, 15) is 0 Å². The summed E-state index contributed by atoms with van der Waals surface area (Å²) in [5.74, 6) is 1.02. The summed E-state index contributed by atoms with van der Waals surface area (Å²) in [5.41, 5.74) is 0. The van der Waals surface area contributed by atoms with Gasteiger partial charge in [-0.2, -0.15) is 0 Å². The summed E-state index contributed by atoms with van der Waals surface area (Å²) in [7, 11) is 0. The van der Waals surface area contributed by atoms with Crippen molar-refractivity contribution in [3.05, 3.63) is 0 Å². The summed E-state index contributed by atoms with van der Waals surface area (Å²) in [4.78, 5) is 4.25. The average Bonchev–Trinajstić information content (AvgIpc) is 2.29. The Hall–Kier alpha value is -0.730. The molecule has 1 aliphatic heterocycles. The monoisotopic (exact) mass is 139 g/mol. The smallest absolute Gasteiger partial charge is 0.191 e. The zero-order valence-electron chi connectivity index (χ0n) is 6.06. The second-order valence-electron chi connectivity index (χ2n) is 2.93. The van der Waals surface area contributed by atoms with Gasteiger partial charge in [0.1, 0.15) is 0 Å². The number of hydrogen-bond donors (Lipinski definition) is 2. The Balaban J connectivity index is 1.77. The molecular formula is C7H13N3. The highest BCUT2D eigenvalue weighted by molar-refractivity contribution is 5.81. The maximum Gasteiger partial charge on any atom is 0.191 e. The van der Waals surface area contributed by atoms with Crippen molar-refractivity contribution < 1.29 is 0 Å². The summed E-state index contributed by atoms with van der Waals surface area (Å²) >= 11 is 0. The van der Waals surface area contributed by atoms with Gasteiger partial charge in [-0.1, -0.05) is 0 Å². The Labute approximate surface area is 60.9 Å². The van der Waals surface area contributed by atoms with Crippen LogP contribution < -0.4 is 10.6 Å². The third kappa shape index (κ3) is 1.08. The Morgan fingerprint density at radius 2 is 2.40 bits per heavy atom. The number of guanidine groups is 1. The summed E-state index contributed by atoms with van der Waals surface area (Å²) in [5, 5.41) is 6.55. The zero-order valence-corrected chi connectivity index (χ0v) is 6.06. The van der Waals surface area contributed by atoms with Crippen LogP contribution >= 0.6 is 0 Å². The highest BCUT2D eigenvalue weighted by Gasteiger charge is 2.18. The average molecular weight is 139 g/mol. The van der Waals surface area contributed by atoms with Crippen LogP contribution in [0.4, 0.5) is 0 Å². The first-order valence-electron chi connectivity index (χ1n) is 4.00. The molecule has 0 radical (unpaired) electrons. The van der Waals surface area contributed by atoms with Gasteiger partial charge in [0.05, 0.1) is 6.54 Å². The first kappa shape index (κ1) is 6.01. The molecule has 2 aliphatic rings. The molecule has 3 heteroatoms. The molecule has 0 amide bonds. The number of hydrogen-bond acceptors (Lipinski definition) is 3. The molecule has 0 aromatic rings. The Morgan fingerprint density at radius 3 is 2.90 bits per heavy atom. The minimum atomic E-state index is 0.712. The fraction of sp³-hybridized carbons (Fsp3) is 0.857. The SMILES string of the molecule is C1CC(NC2=NCCN2)C1. The minimum absolute atomic E-state index is 0.712. The summed E-state index contributed by atoms with van der Waals surface area (Å²) in [6.45, 7) is 1.95. The van der Waals surface area contributed by atoms with Crippen LogP contribution in [0.5, 0.6) is 0 Å². The van der Waals surface area contributed by atoms with Crippen LogP contribution in [-0.4, -0.2) is 25.1 Å². The van der Waals surface area contributed by atoms with Crippen molar-refractivity contribution in [1.29, 1.82) is 0 Å². The van der Waals surface area contributed by atoms with Crippen molar-refractivity contribution in [3.8, 4) is 0 Å². The van der Waals surface area contributed by atoms with E-state index in [-0.39, 0.29) is 0 Å². The summed E-state index contributed by atoms with van der Waals surface area (Å²) in [6.07, 6.45) is 4.02. The first-order chi connectivity index (χ1) is 4.95. The van der Waals surface area contributed by atoms with Crippen LogP contribution in [-0.2, 0) is 0 Å². The van der Waals surface area contributed by atoms with Gasteiger partial charge in [0.15, 0.2) is 5.96 Å². The molecule has 2 N–H and O–H groups in total. The third-order valence-electron chi connectivity index (χ3n) is 2.12. The number of nitrogens with one attached hydrogen (secondary N) is 2. The van der Waals surface area contributed by atoms with Gasteiger partial charge in [0.25, 0.3) is 0 Å². The predicted octanol–water partition coefficient (Wildman–Crippen LogP) is 0.0877. The second kappa shape index (κ2) is 2.48. The molecule has 0 aromatic heterocycles. The van der Waals surface area contributed by atoms with Crippen LogP contribution in [0, 0.1) is 0 Å². The molecule has 0 saturated heterocycles. The molecule has 1 heterocycles. The molecule has 2 rings (SSSR count). The molecule has 0 spiro atoms. The lowest BCUT2D eigenvalue weighted by molar-refractivity contribution is 0.381. The maximum atomic E-state index is 4.25. The van der Waals surface area contributed by atoms with E-state index in [1.807, 2.05) is 0 Å². The third-order valence-corrected chi connectivity index (χ3v) is 2.12. The molecule has 0 atom stereocenters. The van der Waals surface area contributed by atoms with Gasteiger partial charge in [-0.05, 0) is 19.3 Å². The van der Waals surface area contributed by atoms with E-state index in [4.69, 9.17) is 0 Å². The van der Waals surface area contributed by atoms with E-state index in [1.165, 1.54) is 19.3 Å². The fourth-order valence-electron chi connectivity index (χ4n) is 1.24. The zero-order chi connectivity index (χ0) is 6.81. The van der Waals surface area contributed by atoms with Crippen molar-refractivity contribution >= 4 is 5.96 Å². The lowest BCUT2D eigenvalue weighted by Gasteiger charge is -2.27. The van der Waals surface area contributed by atoms with E-state index in [1.54, 1.807) is 0 Å². The summed E-state index contributed by atoms with van der Waals surface area (Å²) in [6, 6.07) is 0.712. The normalized spacial score (nSPS) is 25.0. The van der Waals surface area contributed by atoms with Gasteiger partial charge in [-0.15, -0.1) is 0 Å². The van der Waals surface area contributed by atoms with E-state index >= 15 is 0 Å². The van der Waals surface area contributed by atoms with Crippen molar-refractivity contribution in [2.75, 3.05) is 13.1 Å². The maximum absolute atomic E-state index is 4.25. The number of nitrogens with zero attached hydrogens (tertiary/aromatic N) is 1. The van der Waals surface area contributed by atoms with E-state index in [2.05, 4.69) is 15.6 Å². The highest BCUT2D eigenvalue weighted by atomic mass is 15.2. The van der Waals surface area contributed by atoms with Gasteiger partial charge in [0.2, 0.25) is 0 Å². The first-order valence-corrected chi connectivity index (χ1v) is 4.00. The lowest BCUT2D eigenvalue weighted by atomic mass is 9.93. The van der Waals surface area contributed by atoms with Crippen LogP contribution in [0.1, 0.15) is 19.3 Å². The van der Waals surface area contributed by atoms with Crippen molar-refractivity contribution in [1.82, 2.24) is 10.6 Å². The van der Waals surface area contributed by atoms with Gasteiger partial charge in [-0.25, -0.2) is 0 Å². The molecule has 0 unspecified atom stereocenters. The van der Waals surface area contributed by atoms with Crippen molar-refractivity contribution in [3.63, 3.8) is 0 Å². The van der Waals surface area contributed by atoms with Crippen molar-refractivity contribution in [2.45, 2.75) is 25.3 Å². The standard InChI is InChI=1S/C7H13N3/c1-2-6(3-1)10-7-8-4-5-9-7/h6H,1-5H2,(H2,8,9,10).